The summed E-state index contributed by atoms with van der Waals surface area (Å²) in [6.07, 6.45) is 1.56. The molecular weight excluding hydrogens is 204 g/mol. The van der Waals surface area contributed by atoms with Crippen molar-refractivity contribution in [3.05, 3.63) is 0 Å². The van der Waals surface area contributed by atoms with Gasteiger partial charge in [0.25, 0.3) is 0 Å². The molecule has 1 atom stereocenters. The lowest BCUT2D eigenvalue weighted by Gasteiger charge is -2.30. The predicted molar refractivity (Wildman–Crippen MR) is 66.3 cm³/mol. The largest absolute Gasteiger partial charge is 0.396 e. The topological polar surface area (TPSA) is 52.6 Å². The van der Waals surface area contributed by atoms with Crippen LogP contribution in [0.25, 0.3) is 0 Å². The van der Waals surface area contributed by atoms with Crippen LogP contribution in [-0.2, 0) is 4.79 Å². The van der Waals surface area contributed by atoms with Gasteiger partial charge in [0.2, 0.25) is 5.91 Å². The van der Waals surface area contributed by atoms with Gasteiger partial charge in [0.1, 0.15) is 0 Å². The van der Waals surface area contributed by atoms with Crippen molar-refractivity contribution in [2.75, 3.05) is 20.2 Å². The number of nitrogens with one attached hydrogen (secondary N) is 1. The Morgan fingerprint density at radius 2 is 2.06 bits per heavy atom. The molecule has 16 heavy (non-hydrogen) atoms. The minimum atomic E-state index is -0.151. The number of hydrogen-bond donors (Lipinski definition) is 2. The van der Waals surface area contributed by atoms with E-state index in [1.807, 2.05) is 27.8 Å². The molecule has 0 saturated heterocycles. The number of nitrogens with zero attached hydrogens (tertiary/aromatic N) is 1. The van der Waals surface area contributed by atoms with Gasteiger partial charge in [-0.05, 0) is 33.6 Å². The van der Waals surface area contributed by atoms with Crippen LogP contribution in [0.15, 0.2) is 0 Å². The fraction of sp³-hybridized carbons (Fsp3) is 0.917. The Balaban J connectivity index is 4.16. The average Bonchev–Trinajstić information content (AvgIpc) is 2.25. The Bertz CT molecular complexity index is 219. The maximum Gasteiger partial charge on any atom is 0.236 e. The highest BCUT2D eigenvalue weighted by Crippen LogP contribution is 2.13. The summed E-state index contributed by atoms with van der Waals surface area (Å²) in [4.78, 5) is 13.5. The SMILES string of the molecule is CCC(C)(CCO)NCC(=O)N(C)C(C)C. The lowest BCUT2D eigenvalue weighted by Crippen LogP contribution is -2.48. The van der Waals surface area contributed by atoms with Crippen LogP contribution in [0.2, 0.25) is 0 Å². The molecule has 0 radical (unpaired) electrons. The van der Waals surface area contributed by atoms with Gasteiger partial charge in [-0.25, -0.2) is 0 Å². The zero-order valence-corrected chi connectivity index (χ0v) is 11.2. The molecule has 1 unspecified atom stereocenters. The number of likely N-dealkylation sites (N-methyl/N-ethyl adjacent to an activating group) is 1. The number of carbonyl (C=O) groups is 1. The van der Waals surface area contributed by atoms with Gasteiger partial charge >= 0.3 is 0 Å². The first-order valence-corrected chi connectivity index (χ1v) is 5.98. The molecule has 0 heterocycles. The summed E-state index contributed by atoms with van der Waals surface area (Å²) in [5.41, 5.74) is -0.151. The van der Waals surface area contributed by atoms with Gasteiger partial charge in [0.05, 0.1) is 6.54 Å². The molecule has 0 spiro atoms. The molecule has 0 aromatic rings. The molecule has 0 saturated carbocycles. The Hall–Kier alpha value is -0.610. The lowest BCUT2D eigenvalue weighted by molar-refractivity contribution is -0.130. The lowest BCUT2D eigenvalue weighted by atomic mass is 9.95. The minimum Gasteiger partial charge on any atom is -0.396 e. The summed E-state index contributed by atoms with van der Waals surface area (Å²) in [5.74, 6) is 0.0904. The van der Waals surface area contributed by atoms with Gasteiger partial charge in [-0.3, -0.25) is 4.79 Å². The van der Waals surface area contributed by atoms with E-state index in [1.54, 1.807) is 4.90 Å². The third-order valence-corrected chi connectivity index (χ3v) is 3.28. The maximum atomic E-state index is 11.8. The second kappa shape index (κ2) is 6.86. The highest BCUT2D eigenvalue weighted by molar-refractivity contribution is 5.78. The molecule has 0 rings (SSSR count). The molecule has 0 fully saturated rings. The van der Waals surface area contributed by atoms with Crippen LogP contribution in [0, 0.1) is 0 Å². The summed E-state index contributed by atoms with van der Waals surface area (Å²) < 4.78 is 0. The summed E-state index contributed by atoms with van der Waals surface area (Å²) >= 11 is 0. The van der Waals surface area contributed by atoms with Crippen LogP contribution in [0.1, 0.15) is 40.5 Å². The Morgan fingerprint density at radius 1 is 1.50 bits per heavy atom. The minimum absolute atomic E-state index is 0.0904. The predicted octanol–water partition coefficient (Wildman–Crippen LogP) is 0.994. The quantitative estimate of drug-likeness (QED) is 0.686. The Kier molecular flexibility index (Phi) is 6.60. The van der Waals surface area contributed by atoms with Crippen molar-refractivity contribution in [3.63, 3.8) is 0 Å². The van der Waals surface area contributed by atoms with E-state index in [1.165, 1.54) is 0 Å². The van der Waals surface area contributed by atoms with Gasteiger partial charge < -0.3 is 15.3 Å². The van der Waals surface area contributed by atoms with Crippen molar-refractivity contribution >= 4 is 5.91 Å². The fourth-order valence-electron chi connectivity index (χ4n) is 1.34. The molecule has 0 aliphatic heterocycles. The molecule has 4 heteroatoms. The summed E-state index contributed by atoms with van der Waals surface area (Å²) in [7, 11) is 1.81. The van der Waals surface area contributed by atoms with Crippen LogP contribution in [-0.4, -0.2) is 47.7 Å². The van der Waals surface area contributed by atoms with E-state index in [4.69, 9.17) is 5.11 Å². The van der Waals surface area contributed by atoms with E-state index in [9.17, 15) is 4.79 Å². The second-order valence-corrected chi connectivity index (χ2v) is 4.84. The van der Waals surface area contributed by atoms with Crippen LogP contribution in [0.4, 0.5) is 0 Å². The van der Waals surface area contributed by atoms with Gasteiger partial charge in [-0.15, -0.1) is 0 Å². The number of rotatable bonds is 7. The van der Waals surface area contributed by atoms with Crippen molar-refractivity contribution in [3.8, 4) is 0 Å². The second-order valence-electron chi connectivity index (χ2n) is 4.84. The number of carbonyl (C=O) groups excluding carboxylic acids is 1. The highest BCUT2D eigenvalue weighted by Gasteiger charge is 2.22. The molecule has 0 aliphatic carbocycles. The van der Waals surface area contributed by atoms with Gasteiger partial charge in [-0.2, -0.15) is 0 Å². The van der Waals surface area contributed by atoms with E-state index in [2.05, 4.69) is 12.2 Å². The van der Waals surface area contributed by atoms with E-state index in [0.717, 1.165) is 6.42 Å². The van der Waals surface area contributed by atoms with Crippen molar-refractivity contribution in [1.29, 1.82) is 0 Å². The molecule has 1 amide bonds. The summed E-state index contributed by atoms with van der Waals surface area (Å²) in [6.45, 7) is 8.55. The van der Waals surface area contributed by atoms with Crippen molar-refractivity contribution in [2.24, 2.45) is 0 Å². The standard InChI is InChI=1S/C12H26N2O2/c1-6-12(4,7-8-15)13-9-11(16)14(5)10(2)3/h10,13,15H,6-9H2,1-5H3. The smallest absolute Gasteiger partial charge is 0.236 e. The van der Waals surface area contributed by atoms with Gasteiger partial charge in [0, 0.05) is 25.2 Å². The normalized spacial score (nSPS) is 14.9. The zero-order valence-electron chi connectivity index (χ0n) is 11.2. The Morgan fingerprint density at radius 3 is 2.44 bits per heavy atom. The first kappa shape index (κ1) is 15.4. The molecule has 0 aromatic carbocycles. The molecule has 4 nitrogen and oxygen atoms in total. The van der Waals surface area contributed by atoms with Crippen LogP contribution in [0.5, 0.6) is 0 Å². The van der Waals surface area contributed by atoms with Gasteiger partial charge in [-0.1, -0.05) is 6.92 Å². The highest BCUT2D eigenvalue weighted by atomic mass is 16.3. The number of amides is 1. The third kappa shape index (κ3) is 4.94. The van der Waals surface area contributed by atoms with Crippen LogP contribution in [0.3, 0.4) is 0 Å². The summed E-state index contributed by atoms with van der Waals surface area (Å²) in [5, 5.41) is 12.2. The van der Waals surface area contributed by atoms with Crippen molar-refractivity contribution in [1.82, 2.24) is 10.2 Å². The zero-order chi connectivity index (χ0) is 12.8. The first-order valence-electron chi connectivity index (χ1n) is 5.98. The molecule has 0 aliphatic rings. The Labute approximate surface area is 99.0 Å². The van der Waals surface area contributed by atoms with E-state index in [-0.39, 0.29) is 24.1 Å². The molecule has 0 aromatic heterocycles. The third-order valence-electron chi connectivity index (χ3n) is 3.28. The molecular formula is C12H26N2O2. The van der Waals surface area contributed by atoms with E-state index >= 15 is 0 Å². The van der Waals surface area contributed by atoms with Crippen LogP contribution >= 0.6 is 0 Å². The molecule has 0 bridgehead atoms. The number of aliphatic hydroxyl groups is 1. The monoisotopic (exact) mass is 230 g/mol. The van der Waals surface area contributed by atoms with E-state index in [0.29, 0.717) is 13.0 Å². The van der Waals surface area contributed by atoms with Crippen molar-refractivity contribution in [2.45, 2.75) is 52.1 Å². The number of aliphatic hydroxyl groups excluding tert-OH is 1. The van der Waals surface area contributed by atoms with E-state index < -0.39 is 0 Å². The van der Waals surface area contributed by atoms with Crippen LogP contribution < -0.4 is 5.32 Å². The number of hydrogen-bond acceptors (Lipinski definition) is 3. The van der Waals surface area contributed by atoms with Crippen molar-refractivity contribution < 1.29 is 9.90 Å². The first-order chi connectivity index (χ1) is 7.36. The molecule has 2 N–H and O–H groups in total. The maximum absolute atomic E-state index is 11.8. The van der Waals surface area contributed by atoms with Gasteiger partial charge in [0.15, 0.2) is 0 Å². The average molecular weight is 230 g/mol. The summed E-state index contributed by atoms with van der Waals surface area (Å²) in [6, 6.07) is 0.222. The molecule has 96 valence electrons. The fourth-order valence-corrected chi connectivity index (χ4v) is 1.34.